The Morgan fingerprint density at radius 1 is 1.44 bits per heavy atom. The minimum absolute atomic E-state index is 0.0727. The minimum atomic E-state index is -0.481. The molecule has 16 heavy (non-hydrogen) atoms. The second-order valence-corrected chi connectivity index (χ2v) is 5.10. The van der Waals surface area contributed by atoms with Gasteiger partial charge in [0.2, 0.25) is 0 Å². The third-order valence-corrected chi connectivity index (χ3v) is 2.53. The first-order valence-electron chi connectivity index (χ1n) is 5.38. The van der Waals surface area contributed by atoms with Gasteiger partial charge in [-0.3, -0.25) is 0 Å². The minimum Gasteiger partial charge on any atom is -0.508 e. The van der Waals surface area contributed by atoms with Crippen molar-refractivity contribution in [1.82, 2.24) is 0 Å². The lowest BCUT2D eigenvalue weighted by Gasteiger charge is -2.23. The maximum atomic E-state index is 10.6. The number of aldehydes is 1. The molecule has 0 bridgehead atoms. The van der Waals surface area contributed by atoms with Crippen LogP contribution >= 0.6 is 0 Å². The van der Waals surface area contributed by atoms with E-state index in [1.54, 1.807) is 12.1 Å². The van der Waals surface area contributed by atoms with E-state index in [0.717, 1.165) is 17.4 Å². The Hall–Kier alpha value is -1.35. The summed E-state index contributed by atoms with van der Waals surface area (Å²) in [5.41, 5.74) is 7.60. The van der Waals surface area contributed by atoms with Gasteiger partial charge in [0.25, 0.3) is 0 Å². The predicted octanol–water partition coefficient (Wildman–Crippen LogP) is 1.76. The molecule has 1 aromatic rings. The first-order chi connectivity index (χ1) is 7.34. The zero-order chi connectivity index (χ0) is 12.3. The molecule has 0 fully saturated rings. The van der Waals surface area contributed by atoms with Crippen LogP contribution in [0.4, 0.5) is 0 Å². The van der Waals surface area contributed by atoms with Gasteiger partial charge in [0.05, 0.1) is 6.04 Å². The molecule has 0 saturated carbocycles. The summed E-state index contributed by atoms with van der Waals surface area (Å²) in [7, 11) is 0. The number of hydrogen-bond donors (Lipinski definition) is 2. The fraction of sp³-hybridized carbons (Fsp3) is 0.462. The molecule has 0 amide bonds. The highest BCUT2D eigenvalue weighted by Gasteiger charge is 2.19. The molecule has 0 aliphatic rings. The number of phenols is 1. The summed E-state index contributed by atoms with van der Waals surface area (Å²) in [5.74, 6) is 0.244. The number of carbonyl (C=O) groups excluding carboxylic acids is 1. The van der Waals surface area contributed by atoms with E-state index in [0.29, 0.717) is 6.42 Å². The monoisotopic (exact) mass is 221 g/mol. The molecule has 0 heterocycles. The maximum absolute atomic E-state index is 10.6. The van der Waals surface area contributed by atoms with Crippen molar-refractivity contribution in [1.29, 1.82) is 0 Å². The molecule has 3 N–H and O–H groups in total. The van der Waals surface area contributed by atoms with Crippen molar-refractivity contribution in [3.63, 3.8) is 0 Å². The van der Waals surface area contributed by atoms with Crippen LogP contribution < -0.4 is 5.73 Å². The Morgan fingerprint density at radius 2 is 2.06 bits per heavy atom. The highest BCUT2D eigenvalue weighted by Crippen LogP contribution is 2.29. The highest BCUT2D eigenvalue weighted by atomic mass is 16.3. The summed E-state index contributed by atoms with van der Waals surface area (Å²) in [6, 6.07) is 4.72. The van der Waals surface area contributed by atoms with Crippen molar-refractivity contribution in [3.05, 3.63) is 29.3 Å². The topological polar surface area (TPSA) is 63.3 Å². The Bertz CT molecular complexity index is 380. The summed E-state index contributed by atoms with van der Waals surface area (Å²) in [5, 5.41) is 9.49. The van der Waals surface area contributed by atoms with Crippen molar-refractivity contribution in [2.45, 2.75) is 38.6 Å². The molecule has 1 atom stereocenters. The van der Waals surface area contributed by atoms with E-state index in [9.17, 15) is 9.90 Å². The molecule has 3 heteroatoms. The quantitative estimate of drug-likeness (QED) is 0.764. The maximum Gasteiger partial charge on any atom is 0.137 e. The van der Waals surface area contributed by atoms with Crippen LogP contribution in [0.5, 0.6) is 5.75 Å². The molecular weight excluding hydrogens is 202 g/mol. The van der Waals surface area contributed by atoms with Crippen LogP contribution in [0.15, 0.2) is 18.2 Å². The number of benzene rings is 1. The molecular formula is C13H19NO2. The van der Waals surface area contributed by atoms with Gasteiger partial charge < -0.3 is 15.6 Å². The van der Waals surface area contributed by atoms with E-state index in [1.807, 2.05) is 6.07 Å². The van der Waals surface area contributed by atoms with Crippen molar-refractivity contribution >= 4 is 6.29 Å². The third kappa shape index (κ3) is 3.07. The van der Waals surface area contributed by atoms with E-state index in [2.05, 4.69) is 20.8 Å². The number of rotatable bonds is 3. The van der Waals surface area contributed by atoms with Gasteiger partial charge in [-0.1, -0.05) is 26.8 Å². The van der Waals surface area contributed by atoms with Gasteiger partial charge >= 0.3 is 0 Å². The zero-order valence-electron chi connectivity index (χ0n) is 10.0. The van der Waals surface area contributed by atoms with Crippen LogP contribution in [0.1, 0.15) is 31.9 Å². The first kappa shape index (κ1) is 12.7. The van der Waals surface area contributed by atoms with Crippen LogP contribution in [0.2, 0.25) is 0 Å². The Balaban J connectivity index is 3.13. The first-order valence-corrected chi connectivity index (χ1v) is 5.38. The largest absolute Gasteiger partial charge is 0.508 e. The standard InChI is InChI=1S/C13H19NO2/c1-13(2,3)12-7-11(16)5-4-9(12)6-10(14)8-15/h4-5,7-8,10,16H,6,14H2,1-3H3/t10-/m0/s1. The van der Waals surface area contributed by atoms with E-state index in [1.165, 1.54) is 0 Å². The summed E-state index contributed by atoms with van der Waals surface area (Å²) >= 11 is 0. The highest BCUT2D eigenvalue weighted by molar-refractivity contribution is 5.58. The molecule has 0 spiro atoms. The predicted molar refractivity (Wildman–Crippen MR) is 64.6 cm³/mol. The van der Waals surface area contributed by atoms with Gasteiger partial charge in [0.1, 0.15) is 12.0 Å². The molecule has 88 valence electrons. The van der Waals surface area contributed by atoms with Crippen molar-refractivity contribution < 1.29 is 9.90 Å². The number of hydrogen-bond acceptors (Lipinski definition) is 3. The molecule has 0 aliphatic heterocycles. The third-order valence-electron chi connectivity index (χ3n) is 2.53. The summed E-state index contributed by atoms with van der Waals surface area (Å²) < 4.78 is 0. The molecule has 0 saturated heterocycles. The lowest BCUT2D eigenvalue weighted by Crippen LogP contribution is -2.26. The lowest BCUT2D eigenvalue weighted by atomic mass is 9.82. The molecule has 0 aliphatic carbocycles. The number of aromatic hydroxyl groups is 1. The summed E-state index contributed by atoms with van der Waals surface area (Å²) in [6.07, 6.45) is 1.26. The van der Waals surface area contributed by atoms with Gasteiger partial charge in [-0.25, -0.2) is 0 Å². The molecule has 0 unspecified atom stereocenters. The Morgan fingerprint density at radius 3 is 2.56 bits per heavy atom. The summed E-state index contributed by atoms with van der Waals surface area (Å²) in [4.78, 5) is 10.6. The van der Waals surface area contributed by atoms with Crippen LogP contribution in [-0.4, -0.2) is 17.4 Å². The second kappa shape index (κ2) is 4.66. The van der Waals surface area contributed by atoms with Gasteiger partial charge in [0.15, 0.2) is 0 Å². The second-order valence-electron chi connectivity index (χ2n) is 5.10. The smallest absolute Gasteiger partial charge is 0.137 e. The van der Waals surface area contributed by atoms with Gasteiger partial charge in [-0.15, -0.1) is 0 Å². The van der Waals surface area contributed by atoms with E-state index < -0.39 is 6.04 Å². The number of phenolic OH excluding ortho intramolecular Hbond substituents is 1. The van der Waals surface area contributed by atoms with Gasteiger partial charge in [-0.2, -0.15) is 0 Å². The normalized spacial score (nSPS) is 13.5. The van der Waals surface area contributed by atoms with Crippen LogP contribution in [0, 0.1) is 0 Å². The molecule has 0 aromatic heterocycles. The van der Waals surface area contributed by atoms with Gasteiger partial charge in [0, 0.05) is 0 Å². The SMILES string of the molecule is CC(C)(C)c1cc(O)ccc1C[C@H](N)C=O. The van der Waals surface area contributed by atoms with Crippen LogP contribution in [-0.2, 0) is 16.6 Å². The van der Waals surface area contributed by atoms with Gasteiger partial charge in [-0.05, 0) is 35.1 Å². The molecule has 1 aromatic carbocycles. The average Bonchev–Trinajstić information content (AvgIpc) is 2.19. The molecule has 0 radical (unpaired) electrons. The summed E-state index contributed by atoms with van der Waals surface area (Å²) in [6.45, 7) is 6.20. The fourth-order valence-electron chi connectivity index (χ4n) is 1.74. The molecule has 1 rings (SSSR count). The van der Waals surface area contributed by atoms with Crippen molar-refractivity contribution in [2.24, 2.45) is 5.73 Å². The average molecular weight is 221 g/mol. The van der Waals surface area contributed by atoms with Crippen molar-refractivity contribution in [3.8, 4) is 5.75 Å². The van der Waals surface area contributed by atoms with E-state index >= 15 is 0 Å². The van der Waals surface area contributed by atoms with E-state index in [4.69, 9.17) is 5.73 Å². The lowest BCUT2D eigenvalue weighted by molar-refractivity contribution is -0.108. The number of nitrogens with two attached hydrogens (primary N) is 1. The number of carbonyl (C=O) groups is 1. The zero-order valence-corrected chi connectivity index (χ0v) is 10.0. The fourth-order valence-corrected chi connectivity index (χ4v) is 1.74. The molecule has 3 nitrogen and oxygen atoms in total. The van der Waals surface area contributed by atoms with Crippen LogP contribution in [0.25, 0.3) is 0 Å². The van der Waals surface area contributed by atoms with E-state index in [-0.39, 0.29) is 11.2 Å². The Kier molecular flexibility index (Phi) is 3.70. The van der Waals surface area contributed by atoms with Crippen molar-refractivity contribution in [2.75, 3.05) is 0 Å². The van der Waals surface area contributed by atoms with Crippen LogP contribution in [0.3, 0.4) is 0 Å². The Labute approximate surface area is 96.3 Å².